The van der Waals surface area contributed by atoms with Crippen molar-refractivity contribution in [2.45, 2.75) is 18.5 Å². The van der Waals surface area contributed by atoms with E-state index in [1.54, 1.807) is 24.3 Å². The lowest BCUT2D eigenvalue weighted by Gasteiger charge is -2.08. The summed E-state index contributed by atoms with van der Waals surface area (Å²) in [5.74, 6) is -1.05. The van der Waals surface area contributed by atoms with Crippen molar-refractivity contribution in [3.8, 4) is 0 Å². The van der Waals surface area contributed by atoms with Crippen LogP contribution in [-0.4, -0.2) is 40.6 Å². The number of rotatable bonds is 7. The molecule has 10 heteroatoms. The van der Waals surface area contributed by atoms with Gasteiger partial charge in [-0.05, 0) is 18.2 Å². The smallest absolute Gasteiger partial charge is 0.311 e. The first kappa shape index (κ1) is 20.2. The molecular weight excluding hydrogens is 372 g/mol. The Bertz CT molecular complexity index is 912. The van der Waals surface area contributed by atoms with Crippen molar-refractivity contribution in [1.82, 2.24) is 9.97 Å². The fraction of sp³-hybridized carbons (Fsp3) is 0.235. The first-order chi connectivity index (χ1) is 12.9. The lowest BCUT2D eigenvalue weighted by atomic mass is 10.2. The Balaban J connectivity index is 1.96. The van der Waals surface area contributed by atoms with Gasteiger partial charge in [-0.25, -0.2) is 4.98 Å². The molecule has 1 aromatic heterocycles. The van der Waals surface area contributed by atoms with Crippen LogP contribution in [0.15, 0.2) is 40.3 Å². The van der Waals surface area contributed by atoms with Crippen molar-refractivity contribution >= 4 is 40.9 Å². The predicted molar refractivity (Wildman–Crippen MR) is 101 cm³/mol. The molecule has 0 bridgehead atoms. The molecular formula is C17H18N4O5S. The van der Waals surface area contributed by atoms with Crippen LogP contribution in [-0.2, 0) is 25.5 Å². The number of aromatic amines is 1. The second kappa shape index (κ2) is 9.53. The summed E-state index contributed by atoms with van der Waals surface area (Å²) in [5.41, 5.74) is 0.925. The number of carbonyl (C=O) groups excluding carboxylic acids is 3. The number of carbonyl (C=O) groups is 3. The summed E-state index contributed by atoms with van der Waals surface area (Å²) in [7, 11) is 1.25. The zero-order chi connectivity index (χ0) is 19.8. The molecule has 1 aromatic carbocycles. The van der Waals surface area contributed by atoms with Gasteiger partial charge in [0.1, 0.15) is 0 Å². The molecule has 3 N–H and O–H groups in total. The summed E-state index contributed by atoms with van der Waals surface area (Å²) in [4.78, 5) is 52.8. The molecule has 0 aliphatic heterocycles. The van der Waals surface area contributed by atoms with Gasteiger partial charge in [-0.1, -0.05) is 17.8 Å². The third kappa shape index (κ3) is 6.94. The summed E-state index contributed by atoms with van der Waals surface area (Å²) < 4.78 is 4.54. The lowest BCUT2D eigenvalue weighted by Crippen LogP contribution is -2.17. The summed E-state index contributed by atoms with van der Waals surface area (Å²) in [5, 5.41) is 5.54. The maximum Gasteiger partial charge on any atom is 0.311 e. The SMILES string of the molecule is COC(=O)Cc1cc(=O)[nH]c(SCC(=O)Nc2cccc(NC(C)=O)c2)n1. The van der Waals surface area contributed by atoms with Gasteiger partial charge >= 0.3 is 5.97 Å². The number of ether oxygens (including phenoxy) is 1. The van der Waals surface area contributed by atoms with Crippen molar-refractivity contribution in [2.24, 2.45) is 0 Å². The molecule has 9 nitrogen and oxygen atoms in total. The van der Waals surface area contributed by atoms with E-state index in [0.29, 0.717) is 11.4 Å². The number of methoxy groups -OCH3 is 1. The highest BCUT2D eigenvalue weighted by molar-refractivity contribution is 7.99. The summed E-state index contributed by atoms with van der Waals surface area (Å²) >= 11 is 1.03. The Morgan fingerprint density at radius 1 is 1.19 bits per heavy atom. The fourth-order valence-electron chi connectivity index (χ4n) is 2.07. The van der Waals surface area contributed by atoms with E-state index < -0.39 is 11.5 Å². The van der Waals surface area contributed by atoms with E-state index in [1.165, 1.54) is 20.1 Å². The van der Waals surface area contributed by atoms with Crippen LogP contribution in [0.4, 0.5) is 11.4 Å². The molecule has 0 fully saturated rings. The highest BCUT2D eigenvalue weighted by Crippen LogP contribution is 2.17. The average molecular weight is 390 g/mol. The van der Waals surface area contributed by atoms with Crippen LogP contribution >= 0.6 is 11.8 Å². The van der Waals surface area contributed by atoms with Crippen molar-refractivity contribution in [3.63, 3.8) is 0 Å². The van der Waals surface area contributed by atoms with Crippen LogP contribution in [0.5, 0.6) is 0 Å². The molecule has 2 rings (SSSR count). The Morgan fingerprint density at radius 2 is 1.89 bits per heavy atom. The van der Waals surface area contributed by atoms with Gasteiger partial charge in [0.15, 0.2) is 5.16 Å². The van der Waals surface area contributed by atoms with Crippen LogP contribution in [0.1, 0.15) is 12.6 Å². The highest BCUT2D eigenvalue weighted by atomic mass is 32.2. The third-order valence-corrected chi connectivity index (χ3v) is 4.01. The maximum absolute atomic E-state index is 12.1. The summed E-state index contributed by atoms with van der Waals surface area (Å²) in [6.45, 7) is 1.39. The largest absolute Gasteiger partial charge is 0.469 e. The quantitative estimate of drug-likeness (QED) is 0.367. The topological polar surface area (TPSA) is 130 Å². The second-order valence-electron chi connectivity index (χ2n) is 5.39. The van der Waals surface area contributed by atoms with Gasteiger partial charge in [0.05, 0.1) is 25.0 Å². The van der Waals surface area contributed by atoms with Crippen molar-refractivity contribution in [2.75, 3.05) is 23.5 Å². The number of hydrogen-bond donors (Lipinski definition) is 3. The average Bonchev–Trinajstić information content (AvgIpc) is 2.59. The summed E-state index contributed by atoms with van der Waals surface area (Å²) in [6.07, 6.45) is -0.129. The predicted octanol–water partition coefficient (Wildman–Crippen LogP) is 1.17. The number of nitrogens with one attached hydrogen (secondary N) is 3. The van der Waals surface area contributed by atoms with Gasteiger partial charge in [-0.3, -0.25) is 19.2 Å². The maximum atomic E-state index is 12.1. The van der Waals surface area contributed by atoms with Crippen LogP contribution < -0.4 is 16.2 Å². The minimum Gasteiger partial charge on any atom is -0.469 e. The van der Waals surface area contributed by atoms with Gasteiger partial charge in [-0.2, -0.15) is 0 Å². The Labute approximate surface area is 158 Å². The zero-order valence-electron chi connectivity index (χ0n) is 14.7. The molecule has 2 amide bonds. The molecule has 0 unspecified atom stereocenters. The fourth-order valence-corrected chi connectivity index (χ4v) is 2.77. The van der Waals surface area contributed by atoms with E-state index in [0.717, 1.165) is 11.8 Å². The second-order valence-corrected chi connectivity index (χ2v) is 6.36. The molecule has 1 heterocycles. The van der Waals surface area contributed by atoms with Gasteiger partial charge < -0.3 is 20.4 Å². The molecule has 2 aromatic rings. The molecule has 0 aliphatic carbocycles. The van der Waals surface area contributed by atoms with E-state index in [4.69, 9.17) is 0 Å². The van der Waals surface area contributed by atoms with Gasteiger partial charge in [0, 0.05) is 24.4 Å². The van der Waals surface area contributed by atoms with E-state index in [-0.39, 0.29) is 34.8 Å². The molecule has 27 heavy (non-hydrogen) atoms. The number of nitrogens with zero attached hydrogens (tertiary/aromatic N) is 1. The van der Waals surface area contributed by atoms with Gasteiger partial charge in [-0.15, -0.1) is 0 Å². The number of amides is 2. The number of benzene rings is 1. The zero-order valence-corrected chi connectivity index (χ0v) is 15.5. The number of esters is 1. The van der Waals surface area contributed by atoms with E-state index in [1.807, 2.05) is 0 Å². The van der Waals surface area contributed by atoms with Gasteiger partial charge in [0.25, 0.3) is 5.56 Å². The van der Waals surface area contributed by atoms with E-state index in [9.17, 15) is 19.2 Å². The number of thioether (sulfide) groups is 1. The van der Waals surface area contributed by atoms with Crippen LogP contribution in [0.3, 0.4) is 0 Å². The molecule has 0 saturated heterocycles. The Kier molecular flexibility index (Phi) is 7.12. The molecule has 142 valence electrons. The number of hydrogen-bond acceptors (Lipinski definition) is 7. The normalized spacial score (nSPS) is 10.1. The highest BCUT2D eigenvalue weighted by Gasteiger charge is 2.10. The molecule has 0 saturated carbocycles. The Hall–Kier alpha value is -3.14. The first-order valence-electron chi connectivity index (χ1n) is 7.83. The minimum atomic E-state index is -0.513. The van der Waals surface area contributed by atoms with E-state index >= 15 is 0 Å². The monoisotopic (exact) mass is 390 g/mol. The van der Waals surface area contributed by atoms with Crippen molar-refractivity contribution in [1.29, 1.82) is 0 Å². The third-order valence-electron chi connectivity index (χ3n) is 3.13. The standard InChI is InChI=1S/C17H18N4O5S/c1-10(22)18-11-4-3-5-12(6-11)19-15(24)9-27-17-20-13(7-14(23)21-17)8-16(25)26-2/h3-7H,8-9H2,1-2H3,(H,18,22)(H,19,24)(H,20,21,23). The minimum absolute atomic E-state index is 0.00498. The Morgan fingerprint density at radius 3 is 2.56 bits per heavy atom. The number of aromatic nitrogens is 2. The number of anilines is 2. The lowest BCUT2D eigenvalue weighted by molar-refractivity contribution is -0.139. The van der Waals surface area contributed by atoms with Gasteiger partial charge in [0.2, 0.25) is 11.8 Å². The molecule has 0 aliphatic rings. The number of H-pyrrole nitrogens is 1. The van der Waals surface area contributed by atoms with Crippen LogP contribution in [0, 0.1) is 0 Å². The van der Waals surface area contributed by atoms with Crippen molar-refractivity contribution < 1.29 is 19.1 Å². The molecule has 0 radical (unpaired) electrons. The molecule has 0 spiro atoms. The first-order valence-corrected chi connectivity index (χ1v) is 8.81. The summed E-state index contributed by atoms with van der Waals surface area (Å²) in [6, 6.07) is 7.91. The van der Waals surface area contributed by atoms with E-state index in [2.05, 4.69) is 25.3 Å². The van der Waals surface area contributed by atoms with Crippen molar-refractivity contribution in [3.05, 3.63) is 46.4 Å². The molecule has 0 atom stereocenters. The van der Waals surface area contributed by atoms with Crippen LogP contribution in [0.2, 0.25) is 0 Å². The van der Waals surface area contributed by atoms with Crippen LogP contribution in [0.25, 0.3) is 0 Å².